The Kier molecular flexibility index (Phi) is 5.26. The molecule has 1 fully saturated rings. The minimum Gasteiger partial charge on any atom is -0.466 e. The first-order valence-electron chi connectivity index (χ1n) is 8.53. The van der Waals surface area contributed by atoms with Gasteiger partial charge in [-0.3, -0.25) is 14.7 Å². The van der Waals surface area contributed by atoms with Crippen LogP contribution in [0.5, 0.6) is 0 Å². The smallest absolute Gasteiger partial charge is 0.310 e. The second kappa shape index (κ2) is 7.58. The van der Waals surface area contributed by atoms with E-state index in [1.54, 1.807) is 0 Å². The van der Waals surface area contributed by atoms with Crippen molar-refractivity contribution in [3.05, 3.63) is 65.5 Å². The third-order valence-corrected chi connectivity index (χ3v) is 4.55. The van der Waals surface area contributed by atoms with E-state index in [1.807, 2.05) is 37.4 Å². The summed E-state index contributed by atoms with van der Waals surface area (Å²) in [5, 5.41) is 0. The number of hydrogen-bond donors (Lipinski definition) is 0. The molecule has 2 atom stereocenters. The molecule has 1 aromatic carbocycles. The number of pyridine rings is 1. The highest BCUT2D eigenvalue weighted by atomic mass is 16.5. The number of aromatic nitrogens is 1. The van der Waals surface area contributed by atoms with Crippen LogP contribution in [-0.2, 0) is 16.1 Å². The van der Waals surface area contributed by atoms with Gasteiger partial charge in [0.2, 0.25) is 0 Å². The van der Waals surface area contributed by atoms with Crippen LogP contribution in [0.15, 0.2) is 48.7 Å². The second-order valence-electron chi connectivity index (χ2n) is 6.40. The van der Waals surface area contributed by atoms with Crippen LogP contribution in [-0.4, -0.2) is 35.5 Å². The summed E-state index contributed by atoms with van der Waals surface area (Å²) >= 11 is 0. The summed E-state index contributed by atoms with van der Waals surface area (Å²) in [7, 11) is 0. The molecule has 1 saturated heterocycles. The zero-order chi connectivity index (χ0) is 16.9. The van der Waals surface area contributed by atoms with Gasteiger partial charge in [0.15, 0.2) is 0 Å². The van der Waals surface area contributed by atoms with Crippen LogP contribution in [0, 0.1) is 12.8 Å². The maximum Gasteiger partial charge on any atom is 0.310 e. The van der Waals surface area contributed by atoms with Crippen molar-refractivity contribution in [3.63, 3.8) is 0 Å². The first-order chi connectivity index (χ1) is 11.7. The van der Waals surface area contributed by atoms with Gasteiger partial charge in [0.25, 0.3) is 0 Å². The average molecular weight is 324 g/mol. The van der Waals surface area contributed by atoms with Gasteiger partial charge in [0.05, 0.1) is 12.5 Å². The molecule has 126 valence electrons. The summed E-state index contributed by atoms with van der Waals surface area (Å²) < 4.78 is 5.31. The number of carbonyl (C=O) groups excluding carboxylic acids is 1. The Hall–Kier alpha value is -2.20. The fourth-order valence-electron chi connectivity index (χ4n) is 3.41. The molecular weight excluding hydrogens is 300 g/mol. The number of hydrogen-bond acceptors (Lipinski definition) is 4. The number of nitrogens with zero attached hydrogens (tertiary/aromatic N) is 2. The molecule has 2 unspecified atom stereocenters. The van der Waals surface area contributed by atoms with Crippen molar-refractivity contribution in [2.45, 2.75) is 26.3 Å². The molecule has 1 aliphatic rings. The molecule has 3 rings (SSSR count). The van der Waals surface area contributed by atoms with Gasteiger partial charge in [0.1, 0.15) is 0 Å². The van der Waals surface area contributed by atoms with Crippen LogP contribution in [0.2, 0.25) is 0 Å². The molecule has 2 aromatic rings. The van der Waals surface area contributed by atoms with Crippen molar-refractivity contribution >= 4 is 5.97 Å². The van der Waals surface area contributed by atoms with Crippen LogP contribution in [0.4, 0.5) is 0 Å². The molecule has 1 aromatic heterocycles. The number of esters is 1. The Bertz CT molecular complexity index is 687. The van der Waals surface area contributed by atoms with Crippen molar-refractivity contribution in [2.24, 2.45) is 5.92 Å². The van der Waals surface area contributed by atoms with E-state index in [1.165, 1.54) is 11.1 Å². The van der Waals surface area contributed by atoms with E-state index in [4.69, 9.17) is 4.74 Å². The summed E-state index contributed by atoms with van der Waals surface area (Å²) in [6, 6.07) is 14.4. The number of rotatable bonds is 5. The van der Waals surface area contributed by atoms with E-state index in [2.05, 4.69) is 35.0 Å². The highest BCUT2D eigenvalue weighted by Gasteiger charge is 2.40. The van der Waals surface area contributed by atoms with Gasteiger partial charge in [-0.15, -0.1) is 0 Å². The number of aryl methyl sites for hydroxylation is 1. The number of benzene rings is 1. The van der Waals surface area contributed by atoms with Crippen LogP contribution < -0.4 is 0 Å². The minimum atomic E-state index is -0.150. The van der Waals surface area contributed by atoms with E-state index in [0.717, 1.165) is 18.8 Å². The molecule has 4 heteroatoms. The number of ether oxygens (including phenoxy) is 1. The first kappa shape index (κ1) is 16.7. The summed E-state index contributed by atoms with van der Waals surface area (Å²) in [6.07, 6.45) is 1.83. The molecule has 0 bridgehead atoms. The highest BCUT2D eigenvalue weighted by molar-refractivity contribution is 5.74. The quantitative estimate of drug-likeness (QED) is 0.792. The molecule has 0 N–H and O–H groups in total. The van der Waals surface area contributed by atoms with Gasteiger partial charge in [-0.05, 0) is 37.1 Å². The van der Waals surface area contributed by atoms with Gasteiger partial charge < -0.3 is 4.74 Å². The molecule has 0 amide bonds. The Morgan fingerprint density at radius 1 is 1.25 bits per heavy atom. The van der Waals surface area contributed by atoms with Crippen molar-refractivity contribution < 1.29 is 9.53 Å². The molecule has 0 radical (unpaired) electrons. The topological polar surface area (TPSA) is 42.4 Å². The van der Waals surface area contributed by atoms with Crippen molar-refractivity contribution in [3.8, 4) is 0 Å². The van der Waals surface area contributed by atoms with Crippen molar-refractivity contribution in [2.75, 3.05) is 19.7 Å². The van der Waals surface area contributed by atoms with Crippen LogP contribution in [0.1, 0.15) is 29.7 Å². The van der Waals surface area contributed by atoms with E-state index in [-0.39, 0.29) is 17.8 Å². The van der Waals surface area contributed by atoms with Gasteiger partial charge >= 0.3 is 5.97 Å². The Labute approximate surface area is 143 Å². The SMILES string of the molecule is CCOC(=O)C1CN(Cc2ccccc2)CC1c1cc(C)ccn1. The molecule has 4 nitrogen and oxygen atoms in total. The number of carbonyl (C=O) groups is 1. The van der Waals surface area contributed by atoms with Crippen LogP contribution in [0.25, 0.3) is 0 Å². The Morgan fingerprint density at radius 2 is 2.04 bits per heavy atom. The Morgan fingerprint density at radius 3 is 2.75 bits per heavy atom. The molecule has 24 heavy (non-hydrogen) atoms. The summed E-state index contributed by atoms with van der Waals surface area (Å²) in [6.45, 7) is 6.72. The third-order valence-electron chi connectivity index (χ3n) is 4.55. The summed E-state index contributed by atoms with van der Waals surface area (Å²) in [5.41, 5.74) is 3.42. The largest absolute Gasteiger partial charge is 0.466 e. The Balaban J connectivity index is 1.80. The first-order valence-corrected chi connectivity index (χ1v) is 8.53. The highest BCUT2D eigenvalue weighted by Crippen LogP contribution is 2.33. The van der Waals surface area contributed by atoms with Gasteiger partial charge in [-0.25, -0.2) is 0 Å². The lowest BCUT2D eigenvalue weighted by molar-refractivity contribution is -0.148. The maximum atomic E-state index is 12.4. The van der Waals surface area contributed by atoms with E-state index in [9.17, 15) is 4.79 Å². The second-order valence-corrected chi connectivity index (χ2v) is 6.40. The standard InChI is InChI=1S/C20H24N2O2/c1-3-24-20(23)18-14-22(12-16-7-5-4-6-8-16)13-17(18)19-11-15(2)9-10-21-19/h4-11,17-18H,3,12-14H2,1-2H3. The molecule has 0 aliphatic carbocycles. The fourth-order valence-corrected chi connectivity index (χ4v) is 3.41. The molecular formula is C20H24N2O2. The lowest BCUT2D eigenvalue weighted by atomic mass is 9.92. The summed E-state index contributed by atoms with van der Waals surface area (Å²) in [5.74, 6) is -0.169. The lowest BCUT2D eigenvalue weighted by Gasteiger charge is -2.16. The van der Waals surface area contributed by atoms with Crippen LogP contribution in [0.3, 0.4) is 0 Å². The lowest BCUT2D eigenvalue weighted by Crippen LogP contribution is -2.25. The zero-order valence-corrected chi connectivity index (χ0v) is 14.3. The third kappa shape index (κ3) is 3.82. The van der Waals surface area contributed by atoms with E-state index < -0.39 is 0 Å². The monoisotopic (exact) mass is 324 g/mol. The molecule has 0 saturated carbocycles. The van der Waals surface area contributed by atoms with Crippen LogP contribution >= 0.6 is 0 Å². The zero-order valence-electron chi connectivity index (χ0n) is 14.3. The normalized spacial score (nSPS) is 20.9. The molecule has 0 spiro atoms. The van der Waals surface area contributed by atoms with Gasteiger partial charge in [-0.2, -0.15) is 0 Å². The minimum absolute atomic E-state index is 0.0904. The van der Waals surface area contributed by atoms with Crippen molar-refractivity contribution in [1.82, 2.24) is 9.88 Å². The maximum absolute atomic E-state index is 12.4. The van der Waals surface area contributed by atoms with E-state index >= 15 is 0 Å². The van der Waals surface area contributed by atoms with Crippen molar-refractivity contribution in [1.29, 1.82) is 0 Å². The molecule has 1 aliphatic heterocycles. The number of likely N-dealkylation sites (tertiary alicyclic amines) is 1. The van der Waals surface area contributed by atoms with E-state index in [0.29, 0.717) is 13.2 Å². The molecule has 2 heterocycles. The fraction of sp³-hybridized carbons (Fsp3) is 0.400. The van der Waals surface area contributed by atoms with Gasteiger partial charge in [0, 0.05) is 37.4 Å². The summed E-state index contributed by atoms with van der Waals surface area (Å²) in [4.78, 5) is 19.3. The average Bonchev–Trinajstić information content (AvgIpc) is 3.00. The van der Waals surface area contributed by atoms with Gasteiger partial charge in [-0.1, -0.05) is 30.3 Å². The predicted octanol–water partition coefficient (Wildman–Crippen LogP) is 3.17. The predicted molar refractivity (Wildman–Crippen MR) is 93.6 cm³/mol.